The SMILES string of the molecule is CCC=C(C)C(C)CCC. The van der Waals surface area contributed by atoms with Gasteiger partial charge in [0.15, 0.2) is 0 Å². The zero-order valence-corrected chi connectivity index (χ0v) is 7.78. The largest absolute Gasteiger partial charge is 0.0856 e. The molecule has 0 aliphatic carbocycles. The third-order valence-corrected chi connectivity index (χ3v) is 2.03. The topological polar surface area (TPSA) is 0 Å². The van der Waals surface area contributed by atoms with Crippen molar-refractivity contribution < 1.29 is 0 Å². The molecule has 0 aromatic carbocycles. The summed E-state index contributed by atoms with van der Waals surface area (Å²) in [4.78, 5) is 0. The lowest BCUT2D eigenvalue weighted by Gasteiger charge is -2.09. The van der Waals surface area contributed by atoms with Crippen LogP contribution in [0.3, 0.4) is 0 Å². The second-order valence-electron chi connectivity index (χ2n) is 3.05. The fraction of sp³-hybridized carbons (Fsp3) is 0.800. The van der Waals surface area contributed by atoms with Crippen LogP contribution in [-0.4, -0.2) is 0 Å². The van der Waals surface area contributed by atoms with E-state index in [9.17, 15) is 0 Å². The Labute approximate surface area is 65.3 Å². The van der Waals surface area contributed by atoms with Gasteiger partial charge in [0.05, 0.1) is 0 Å². The quantitative estimate of drug-likeness (QED) is 0.521. The molecule has 10 heavy (non-hydrogen) atoms. The minimum absolute atomic E-state index is 0.796. The van der Waals surface area contributed by atoms with Crippen molar-refractivity contribution in [2.24, 2.45) is 5.92 Å². The van der Waals surface area contributed by atoms with E-state index in [1.54, 1.807) is 5.57 Å². The van der Waals surface area contributed by atoms with E-state index in [0.717, 1.165) is 5.92 Å². The Hall–Kier alpha value is -0.260. The van der Waals surface area contributed by atoms with Gasteiger partial charge >= 0.3 is 0 Å². The Bertz CT molecular complexity index is 101. The van der Waals surface area contributed by atoms with Crippen LogP contribution < -0.4 is 0 Å². The summed E-state index contributed by atoms with van der Waals surface area (Å²) in [5.41, 5.74) is 1.56. The van der Waals surface area contributed by atoms with Gasteiger partial charge in [0, 0.05) is 0 Å². The molecule has 0 aliphatic rings. The van der Waals surface area contributed by atoms with Gasteiger partial charge in [0.2, 0.25) is 0 Å². The molecular formula is C10H20. The fourth-order valence-corrected chi connectivity index (χ4v) is 1.18. The third-order valence-electron chi connectivity index (χ3n) is 2.03. The van der Waals surface area contributed by atoms with Crippen molar-refractivity contribution in [3.63, 3.8) is 0 Å². The molecule has 0 bridgehead atoms. The first kappa shape index (κ1) is 9.74. The van der Waals surface area contributed by atoms with Crippen LogP contribution in [0.1, 0.15) is 47.0 Å². The summed E-state index contributed by atoms with van der Waals surface area (Å²) in [7, 11) is 0. The van der Waals surface area contributed by atoms with Gasteiger partial charge in [-0.3, -0.25) is 0 Å². The highest BCUT2D eigenvalue weighted by atomic mass is 14.1. The molecule has 0 aromatic heterocycles. The Kier molecular flexibility index (Phi) is 5.38. The predicted octanol–water partition coefficient (Wildman–Crippen LogP) is 3.78. The Morgan fingerprint density at radius 1 is 1.40 bits per heavy atom. The molecule has 0 aromatic rings. The molecular weight excluding hydrogens is 120 g/mol. The standard InChI is InChI=1S/C10H20/c1-5-7-9(3)10(4)8-6-2/h7,10H,5-6,8H2,1-4H3. The van der Waals surface area contributed by atoms with Crippen molar-refractivity contribution in [1.82, 2.24) is 0 Å². The molecule has 1 atom stereocenters. The van der Waals surface area contributed by atoms with Gasteiger partial charge in [-0.2, -0.15) is 0 Å². The second-order valence-corrected chi connectivity index (χ2v) is 3.05. The van der Waals surface area contributed by atoms with Gasteiger partial charge in [-0.1, -0.05) is 38.8 Å². The van der Waals surface area contributed by atoms with Crippen molar-refractivity contribution in [3.05, 3.63) is 11.6 Å². The molecule has 60 valence electrons. The minimum Gasteiger partial charge on any atom is -0.0856 e. The summed E-state index contributed by atoms with van der Waals surface area (Å²) >= 11 is 0. The molecule has 0 saturated heterocycles. The Morgan fingerprint density at radius 3 is 2.40 bits per heavy atom. The summed E-state index contributed by atoms with van der Waals surface area (Å²) in [6.07, 6.45) is 6.15. The molecule has 0 aliphatic heterocycles. The van der Waals surface area contributed by atoms with E-state index in [0.29, 0.717) is 0 Å². The number of allylic oxidation sites excluding steroid dienone is 2. The van der Waals surface area contributed by atoms with Crippen molar-refractivity contribution in [3.8, 4) is 0 Å². The van der Waals surface area contributed by atoms with E-state index >= 15 is 0 Å². The van der Waals surface area contributed by atoms with E-state index in [1.807, 2.05) is 0 Å². The first-order valence-electron chi connectivity index (χ1n) is 4.39. The average molecular weight is 140 g/mol. The summed E-state index contributed by atoms with van der Waals surface area (Å²) in [5, 5.41) is 0. The van der Waals surface area contributed by atoms with Crippen LogP contribution >= 0.6 is 0 Å². The maximum Gasteiger partial charge on any atom is -0.0235 e. The molecule has 0 rings (SSSR count). The van der Waals surface area contributed by atoms with Crippen molar-refractivity contribution in [2.45, 2.75) is 47.0 Å². The van der Waals surface area contributed by atoms with Crippen LogP contribution in [-0.2, 0) is 0 Å². The Morgan fingerprint density at radius 2 is 2.00 bits per heavy atom. The summed E-state index contributed by atoms with van der Waals surface area (Å²) in [6.45, 7) is 8.99. The molecule has 1 unspecified atom stereocenters. The van der Waals surface area contributed by atoms with Crippen LogP contribution in [0.25, 0.3) is 0 Å². The van der Waals surface area contributed by atoms with E-state index in [4.69, 9.17) is 0 Å². The lowest BCUT2D eigenvalue weighted by atomic mass is 9.97. The first-order valence-corrected chi connectivity index (χ1v) is 4.39. The first-order chi connectivity index (χ1) is 4.72. The van der Waals surface area contributed by atoms with Crippen LogP contribution in [0.4, 0.5) is 0 Å². The third kappa shape index (κ3) is 3.71. The monoisotopic (exact) mass is 140 g/mol. The molecule has 0 spiro atoms. The van der Waals surface area contributed by atoms with Gasteiger partial charge in [-0.25, -0.2) is 0 Å². The highest BCUT2D eigenvalue weighted by Gasteiger charge is 2.00. The molecule has 0 amide bonds. The fourth-order valence-electron chi connectivity index (χ4n) is 1.18. The predicted molar refractivity (Wildman–Crippen MR) is 48.1 cm³/mol. The summed E-state index contributed by atoms with van der Waals surface area (Å²) in [6, 6.07) is 0. The highest BCUT2D eigenvalue weighted by molar-refractivity contribution is 5.01. The van der Waals surface area contributed by atoms with Crippen molar-refractivity contribution >= 4 is 0 Å². The number of hydrogen-bond donors (Lipinski definition) is 0. The summed E-state index contributed by atoms with van der Waals surface area (Å²) < 4.78 is 0. The lowest BCUT2D eigenvalue weighted by molar-refractivity contribution is 0.599. The van der Waals surface area contributed by atoms with Crippen LogP contribution in [0, 0.1) is 5.92 Å². The zero-order chi connectivity index (χ0) is 7.98. The van der Waals surface area contributed by atoms with Gasteiger partial charge in [0.25, 0.3) is 0 Å². The van der Waals surface area contributed by atoms with Crippen LogP contribution in [0.15, 0.2) is 11.6 Å². The maximum atomic E-state index is 2.33. The zero-order valence-electron chi connectivity index (χ0n) is 7.78. The van der Waals surface area contributed by atoms with Gasteiger partial charge in [0.1, 0.15) is 0 Å². The molecule has 0 nitrogen and oxygen atoms in total. The Balaban J connectivity index is 3.69. The normalized spacial score (nSPS) is 15.4. The maximum absolute atomic E-state index is 2.33. The smallest absolute Gasteiger partial charge is 0.0235 e. The van der Waals surface area contributed by atoms with E-state index in [1.165, 1.54) is 19.3 Å². The summed E-state index contributed by atoms with van der Waals surface area (Å²) in [5.74, 6) is 0.796. The van der Waals surface area contributed by atoms with E-state index in [-0.39, 0.29) is 0 Å². The second kappa shape index (κ2) is 5.52. The van der Waals surface area contributed by atoms with Crippen LogP contribution in [0.5, 0.6) is 0 Å². The minimum atomic E-state index is 0.796. The molecule has 0 radical (unpaired) electrons. The highest BCUT2D eigenvalue weighted by Crippen LogP contribution is 2.15. The van der Waals surface area contributed by atoms with E-state index in [2.05, 4.69) is 33.8 Å². The molecule has 0 heterocycles. The molecule has 0 N–H and O–H groups in total. The molecule has 0 fully saturated rings. The van der Waals surface area contributed by atoms with Crippen LogP contribution in [0.2, 0.25) is 0 Å². The van der Waals surface area contributed by atoms with Gasteiger partial charge in [-0.15, -0.1) is 0 Å². The molecule has 0 heteroatoms. The van der Waals surface area contributed by atoms with Crippen molar-refractivity contribution in [2.75, 3.05) is 0 Å². The van der Waals surface area contributed by atoms with Gasteiger partial charge in [-0.05, 0) is 25.7 Å². The lowest BCUT2D eigenvalue weighted by Crippen LogP contribution is -1.94. The number of rotatable bonds is 4. The van der Waals surface area contributed by atoms with E-state index < -0.39 is 0 Å². The van der Waals surface area contributed by atoms with Crippen molar-refractivity contribution in [1.29, 1.82) is 0 Å². The average Bonchev–Trinajstić information content (AvgIpc) is 1.89. The molecule has 0 saturated carbocycles. The van der Waals surface area contributed by atoms with Gasteiger partial charge < -0.3 is 0 Å². The number of hydrogen-bond acceptors (Lipinski definition) is 0.